The molecule has 0 aromatic heterocycles. The molecular weight excluding hydrogens is 329 g/mol. The van der Waals surface area contributed by atoms with Crippen LogP contribution in [0.5, 0.6) is 0 Å². The largest absolute Gasteiger partial charge is 0.329 e. The fraction of sp³-hybridized carbons (Fsp3) is 0.636. The van der Waals surface area contributed by atoms with E-state index in [1.54, 1.807) is 18.0 Å². The summed E-state index contributed by atoms with van der Waals surface area (Å²) in [5.41, 5.74) is 3.64. The normalized spacial score (nSPS) is 16.2. The Hall–Kier alpha value is -0.960. The maximum atomic E-state index is 14.6. The van der Waals surface area contributed by atoms with Crippen molar-refractivity contribution in [3.05, 3.63) is 41.2 Å². The van der Waals surface area contributed by atoms with Crippen LogP contribution in [-0.4, -0.2) is 5.25 Å². The maximum Gasteiger partial charge on any atom is 0.132 e. The molecule has 1 aliphatic rings. The molecule has 0 bridgehead atoms. The average molecular weight is 364 g/mol. The third-order valence-corrected chi connectivity index (χ3v) is 6.73. The number of hydrogen-bond acceptors (Lipinski definition) is 2. The summed E-state index contributed by atoms with van der Waals surface area (Å²) in [5.74, 6) is 0.702. The van der Waals surface area contributed by atoms with Crippen molar-refractivity contribution in [2.24, 2.45) is 5.92 Å². The number of aryl methyl sites for hydroxylation is 2. The van der Waals surface area contributed by atoms with Crippen molar-refractivity contribution in [3.63, 3.8) is 0 Å². The lowest BCUT2D eigenvalue weighted by atomic mass is 9.94. The van der Waals surface area contributed by atoms with E-state index in [0.29, 0.717) is 16.5 Å². The van der Waals surface area contributed by atoms with Gasteiger partial charge in [0.05, 0.1) is 0 Å². The molecule has 1 fully saturated rings. The summed E-state index contributed by atoms with van der Waals surface area (Å²) in [6, 6.07) is 3.70. The summed E-state index contributed by atoms with van der Waals surface area (Å²) in [7, 11) is 0. The second-order valence-corrected chi connectivity index (χ2v) is 8.57. The molecule has 0 saturated heterocycles. The number of nitrogens with one attached hydrogen (secondary N) is 1. The van der Waals surface area contributed by atoms with E-state index in [2.05, 4.69) is 32.1 Å². The summed E-state index contributed by atoms with van der Waals surface area (Å²) in [6.07, 6.45) is 11.1. The van der Waals surface area contributed by atoms with Crippen LogP contribution in [0.3, 0.4) is 0 Å². The highest BCUT2D eigenvalue weighted by Crippen LogP contribution is 2.30. The third-order valence-electron chi connectivity index (χ3n) is 5.46. The van der Waals surface area contributed by atoms with Crippen molar-refractivity contribution in [1.82, 2.24) is 4.72 Å². The first-order valence-corrected chi connectivity index (χ1v) is 10.8. The molecule has 1 aromatic rings. The van der Waals surface area contributed by atoms with Crippen LogP contribution in [-0.2, 0) is 6.42 Å². The maximum absolute atomic E-state index is 14.6. The first-order chi connectivity index (χ1) is 12.0. The van der Waals surface area contributed by atoms with Crippen molar-refractivity contribution in [1.29, 1.82) is 0 Å². The minimum absolute atomic E-state index is 0.145. The van der Waals surface area contributed by atoms with Gasteiger partial charge in [0.2, 0.25) is 0 Å². The van der Waals surface area contributed by atoms with Gasteiger partial charge in [-0.05, 0) is 73.7 Å². The molecule has 1 N–H and O–H groups in total. The van der Waals surface area contributed by atoms with E-state index >= 15 is 0 Å². The van der Waals surface area contributed by atoms with Gasteiger partial charge in [-0.25, -0.2) is 4.39 Å². The van der Waals surface area contributed by atoms with E-state index in [9.17, 15) is 4.39 Å². The van der Waals surface area contributed by atoms with Gasteiger partial charge in [-0.15, -0.1) is 0 Å². The molecule has 0 heterocycles. The first-order valence-electron chi connectivity index (χ1n) is 9.95. The van der Waals surface area contributed by atoms with Crippen LogP contribution in [0.2, 0.25) is 0 Å². The summed E-state index contributed by atoms with van der Waals surface area (Å²) < 4.78 is 17.9. The van der Waals surface area contributed by atoms with Gasteiger partial charge in [-0.2, -0.15) is 0 Å². The Morgan fingerprint density at radius 1 is 1.32 bits per heavy atom. The number of halogens is 1. The molecule has 1 unspecified atom stereocenters. The van der Waals surface area contributed by atoms with Gasteiger partial charge in [0.25, 0.3) is 0 Å². The highest BCUT2D eigenvalue weighted by atomic mass is 32.2. The summed E-state index contributed by atoms with van der Waals surface area (Å²) in [5, 5.41) is 0.552. The minimum Gasteiger partial charge on any atom is -0.329 e. The molecule has 1 nitrogen and oxygen atoms in total. The predicted molar refractivity (Wildman–Crippen MR) is 110 cm³/mol. The highest BCUT2D eigenvalue weighted by Gasteiger charge is 2.17. The molecule has 1 aromatic carbocycles. The summed E-state index contributed by atoms with van der Waals surface area (Å²) in [6.45, 7) is 10.6. The highest BCUT2D eigenvalue weighted by molar-refractivity contribution is 7.98. The van der Waals surface area contributed by atoms with Crippen LogP contribution in [0.1, 0.15) is 81.9 Å². The molecule has 2 rings (SSSR count). The van der Waals surface area contributed by atoms with Crippen molar-refractivity contribution in [2.45, 2.75) is 83.8 Å². The molecule has 1 aliphatic carbocycles. The Bertz CT molecular complexity index is 563. The van der Waals surface area contributed by atoms with Crippen molar-refractivity contribution < 1.29 is 4.39 Å². The zero-order valence-electron chi connectivity index (χ0n) is 16.2. The van der Waals surface area contributed by atoms with Crippen molar-refractivity contribution in [3.8, 4) is 0 Å². The van der Waals surface area contributed by atoms with E-state index in [4.69, 9.17) is 0 Å². The number of benzene rings is 1. The van der Waals surface area contributed by atoms with Crippen LogP contribution >= 0.6 is 11.9 Å². The molecule has 1 atom stereocenters. The van der Waals surface area contributed by atoms with Gasteiger partial charge in [0.1, 0.15) is 5.82 Å². The smallest absolute Gasteiger partial charge is 0.132 e. The number of hydrogen-bond donors (Lipinski definition) is 1. The SMILES string of the molecule is C=C(NSC(CC)CCC)c1cc(C)c(CCC2CCCC2)cc1F. The van der Waals surface area contributed by atoms with Gasteiger partial charge in [0, 0.05) is 16.5 Å². The lowest BCUT2D eigenvalue weighted by molar-refractivity contribution is 0.502. The zero-order valence-corrected chi connectivity index (χ0v) is 17.0. The predicted octanol–water partition coefficient (Wildman–Crippen LogP) is 7.04. The minimum atomic E-state index is -0.145. The second-order valence-electron chi connectivity index (χ2n) is 7.47. The van der Waals surface area contributed by atoms with E-state index in [1.165, 1.54) is 50.5 Å². The van der Waals surface area contributed by atoms with Gasteiger partial charge in [-0.3, -0.25) is 0 Å². The Morgan fingerprint density at radius 3 is 2.68 bits per heavy atom. The third kappa shape index (κ3) is 6.06. The van der Waals surface area contributed by atoms with Gasteiger partial charge < -0.3 is 4.72 Å². The Kier molecular flexibility index (Phi) is 8.35. The molecule has 0 aliphatic heterocycles. The Morgan fingerprint density at radius 2 is 2.04 bits per heavy atom. The van der Waals surface area contributed by atoms with Gasteiger partial charge in [0.15, 0.2) is 0 Å². The molecular formula is C22H34FNS. The van der Waals surface area contributed by atoms with Crippen molar-refractivity contribution >= 4 is 17.6 Å². The molecule has 1 saturated carbocycles. The lowest BCUT2D eigenvalue weighted by Crippen LogP contribution is -2.11. The molecule has 0 spiro atoms. The second kappa shape index (κ2) is 10.3. The van der Waals surface area contributed by atoms with Gasteiger partial charge >= 0.3 is 0 Å². The van der Waals surface area contributed by atoms with E-state index < -0.39 is 0 Å². The van der Waals surface area contributed by atoms with Crippen molar-refractivity contribution in [2.75, 3.05) is 0 Å². The lowest BCUT2D eigenvalue weighted by Gasteiger charge is -2.18. The average Bonchev–Trinajstić information content (AvgIpc) is 3.12. The van der Waals surface area contributed by atoms with Crippen LogP contribution in [0.15, 0.2) is 18.7 Å². The van der Waals surface area contributed by atoms with Gasteiger partial charge in [-0.1, -0.05) is 52.5 Å². The molecule has 140 valence electrons. The molecule has 0 amide bonds. The molecule has 0 radical (unpaired) electrons. The first kappa shape index (κ1) is 20.4. The van der Waals surface area contributed by atoms with Crippen LogP contribution < -0.4 is 4.72 Å². The Labute approximate surface area is 158 Å². The Balaban J connectivity index is 1.96. The van der Waals surface area contributed by atoms with Crippen LogP contribution in [0, 0.1) is 18.7 Å². The fourth-order valence-corrected chi connectivity index (χ4v) is 4.70. The molecule has 3 heteroatoms. The summed E-state index contributed by atoms with van der Waals surface area (Å²) >= 11 is 1.68. The summed E-state index contributed by atoms with van der Waals surface area (Å²) in [4.78, 5) is 0. The standard InChI is InChI=1S/C22H34FNS/c1-5-9-20(6-2)25-24-17(4)21-14-16(3)19(15-22(21)23)13-12-18-10-7-8-11-18/h14-15,18,20,24H,4-13H2,1-3H3. The molecule has 25 heavy (non-hydrogen) atoms. The fourth-order valence-electron chi connectivity index (χ4n) is 3.76. The quantitative estimate of drug-likeness (QED) is 0.447. The monoisotopic (exact) mass is 363 g/mol. The van der Waals surface area contributed by atoms with Crippen LogP contribution in [0.25, 0.3) is 5.70 Å². The van der Waals surface area contributed by atoms with E-state index in [0.717, 1.165) is 24.3 Å². The topological polar surface area (TPSA) is 12.0 Å². The van der Waals surface area contributed by atoms with E-state index in [-0.39, 0.29) is 5.82 Å². The number of rotatable bonds is 10. The zero-order chi connectivity index (χ0) is 18.2. The van der Waals surface area contributed by atoms with E-state index in [1.807, 2.05) is 6.07 Å². The van der Waals surface area contributed by atoms with Crippen LogP contribution in [0.4, 0.5) is 4.39 Å².